The standard InChI is InChI=1S/C25H26N8O/c1-3-23(34)29-21-10-9-20(33-13-11-32(2)12-14-33)15-22(21)30-25-27-17-18(16-26)24(31-25)28-19-7-5-4-6-8-19/h3-10,15,17H,1,11-14H2,2H3,(H,29,34)(H2,27,28,30,31). The fraction of sp³-hybridized carbons (Fsp3) is 0.200. The lowest BCUT2D eigenvalue weighted by atomic mass is 10.2. The van der Waals surface area contributed by atoms with Crippen molar-refractivity contribution in [3.05, 3.63) is 72.9 Å². The third kappa shape index (κ3) is 5.49. The van der Waals surface area contributed by atoms with E-state index in [2.05, 4.69) is 55.4 Å². The van der Waals surface area contributed by atoms with Gasteiger partial charge in [0.1, 0.15) is 11.6 Å². The maximum Gasteiger partial charge on any atom is 0.247 e. The summed E-state index contributed by atoms with van der Waals surface area (Å²) in [6.45, 7) is 7.30. The van der Waals surface area contributed by atoms with Gasteiger partial charge in [0, 0.05) is 37.6 Å². The first-order valence-corrected chi connectivity index (χ1v) is 10.9. The van der Waals surface area contributed by atoms with Gasteiger partial charge in [0.15, 0.2) is 5.82 Å². The van der Waals surface area contributed by atoms with E-state index in [9.17, 15) is 10.1 Å². The number of aromatic nitrogens is 2. The molecule has 1 aliphatic heterocycles. The number of hydrogen-bond acceptors (Lipinski definition) is 8. The van der Waals surface area contributed by atoms with Gasteiger partial charge in [0.2, 0.25) is 11.9 Å². The Morgan fingerprint density at radius 2 is 1.85 bits per heavy atom. The molecule has 9 nitrogen and oxygen atoms in total. The van der Waals surface area contributed by atoms with Gasteiger partial charge in [-0.2, -0.15) is 10.2 Å². The molecule has 3 N–H and O–H groups in total. The maximum atomic E-state index is 12.0. The molecule has 1 fully saturated rings. The van der Waals surface area contributed by atoms with Crippen LogP contribution in [0.3, 0.4) is 0 Å². The smallest absolute Gasteiger partial charge is 0.247 e. The molecule has 1 aliphatic rings. The van der Waals surface area contributed by atoms with Crippen molar-refractivity contribution in [1.82, 2.24) is 14.9 Å². The highest BCUT2D eigenvalue weighted by molar-refractivity contribution is 6.01. The van der Waals surface area contributed by atoms with E-state index >= 15 is 0 Å². The minimum Gasteiger partial charge on any atom is -0.369 e. The van der Waals surface area contributed by atoms with E-state index in [1.807, 2.05) is 48.5 Å². The van der Waals surface area contributed by atoms with E-state index in [4.69, 9.17) is 0 Å². The van der Waals surface area contributed by atoms with E-state index in [1.54, 1.807) is 0 Å². The minimum atomic E-state index is -0.317. The van der Waals surface area contributed by atoms with Crippen molar-refractivity contribution < 1.29 is 4.79 Å². The third-order valence-corrected chi connectivity index (χ3v) is 5.51. The van der Waals surface area contributed by atoms with Crippen LogP contribution in [-0.2, 0) is 4.79 Å². The fourth-order valence-electron chi connectivity index (χ4n) is 3.59. The van der Waals surface area contributed by atoms with Gasteiger partial charge in [-0.25, -0.2) is 4.98 Å². The summed E-state index contributed by atoms with van der Waals surface area (Å²) in [6, 6.07) is 17.4. The summed E-state index contributed by atoms with van der Waals surface area (Å²) in [6.07, 6.45) is 2.69. The summed E-state index contributed by atoms with van der Waals surface area (Å²) in [4.78, 5) is 25.4. The van der Waals surface area contributed by atoms with Crippen LogP contribution in [0.25, 0.3) is 0 Å². The molecule has 2 aromatic carbocycles. The number of amides is 1. The second-order valence-corrected chi connectivity index (χ2v) is 7.90. The average Bonchev–Trinajstić information content (AvgIpc) is 2.86. The molecule has 34 heavy (non-hydrogen) atoms. The van der Waals surface area contributed by atoms with Crippen molar-refractivity contribution >= 4 is 40.4 Å². The predicted molar refractivity (Wildman–Crippen MR) is 135 cm³/mol. The van der Waals surface area contributed by atoms with Gasteiger partial charge in [-0.1, -0.05) is 24.8 Å². The normalized spacial score (nSPS) is 13.6. The molecule has 1 saturated heterocycles. The molecule has 3 aromatic rings. The zero-order valence-electron chi connectivity index (χ0n) is 19.0. The Bertz CT molecular complexity index is 1210. The lowest BCUT2D eigenvalue weighted by Gasteiger charge is -2.34. The summed E-state index contributed by atoms with van der Waals surface area (Å²) in [5.74, 6) is 0.364. The van der Waals surface area contributed by atoms with Crippen molar-refractivity contribution in [3.63, 3.8) is 0 Å². The van der Waals surface area contributed by atoms with Crippen LogP contribution in [0.15, 0.2) is 67.4 Å². The monoisotopic (exact) mass is 454 g/mol. The lowest BCUT2D eigenvalue weighted by Crippen LogP contribution is -2.44. The number of carbonyl (C=O) groups excluding carboxylic acids is 1. The topological polar surface area (TPSA) is 109 Å². The molecule has 0 bridgehead atoms. The first-order valence-electron chi connectivity index (χ1n) is 10.9. The number of benzene rings is 2. The summed E-state index contributed by atoms with van der Waals surface area (Å²) in [5.41, 5.74) is 3.37. The fourth-order valence-corrected chi connectivity index (χ4v) is 3.59. The number of nitrogens with one attached hydrogen (secondary N) is 3. The molecule has 0 radical (unpaired) electrons. The van der Waals surface area contributed by atoms with Crippen LogP contribution in [0.1, 0.15) is 5.56 Å². The van der Waals surface area contributed by atoms with Crippen LogP contribution >= 0.6 is 0 Å². The molecule has 0 unspecified atom stereocenters. The molecule has 0 saturated carbocycles. The molecular formula is C25H26N8O. The molecular weight excluding hydrogens is 428 g/mol. The van der Waals surface area contributed by atoms with Crippen molar-refractivity contribution in [3.8, 4) is 6.07 Å². The molecule has 1 amide bonds. The van der Waals surface area contributed by atoms with Gasteiger partial charge < -0.3 is 25.8 Å². The summed E-state index contributed by atoms with van der Waals surface area (Å²) in [7, 11) is 2.11. The summed E-state index contributed by atoms with van der Waals surface area (Å²) in [5, 5.41) is 18.7. The Balaban J connectivity index is 1.64. The number of nitriles is 1. The molecule has 4 rings (SSSR count). The van der Waals surface area contributed by atoms with E-state index in [1.165, 1.54) is 12.3 Å². The molecule has 9 heteroatoms. The van der Waals surface area contributed by atoms with Gasteiger partial charge in [0.25, 0.3) is 0 Å². The number of hydrogen-bond donors (Lipinski definition) is 3. The molecule has 1 aromatic heterocycles. The second-order valence-electron chi connectivity index (χ2n) is 7.90. The highest BCUT2D eigenvalue weighted by Crippen LogP contribution is 2.31. The number of anilines is 6. The summed E-state index contributed by atoms with van der Waals surface area (Å²) < 4.78 is 0. The van der Waals surface area contributed by atoms with E-state index in [0.29, 0.717) is 28.7 Å². The third-order valence-electron chi connectivity index (χ3n) is 5.51. The van der Waals surface area contributed by atoms with Crippen molar-refractivity contribution in [1.29, 1.82) is 5.26 Å². The number of para-hydroxylation sites is 1. The SMILES string of the molecule is C=CC(=O)Nc1ccc(N2CCN(C)CC2)cc1Nc1ncc(C#N)c(Nc2ccccc2)n1. The van der Waals surface area contributed by atoms with E-state index in [-0.39, 0.29) is 5.91 Å². The molecule has 172 valence electrons. The quantitative estimate of drug-likeness (QED) is 0.464. The molecule has 0 atom stereocenters. The number of piperazine rings is 1. The Labute approximate surface area is 198 Å². The van der Waals surface area contributed by atoms with Gasteiger partial charge in [-0.15, -0.1) is 0 Å². The van der Waals surface area contributed by atoms with Gasteiger partial charge in [0.05, 0.1) is 17.6 Å². The van der Waals surface area contributed by atoms with Crippen LogP contribution in [0, 0.1) is 11.3 Å². The average molecular weight is 455 g/mol. The first-order chi connectivity index (χ1) is 16.6. The van der Waals surface area contributed by atoms with E-state index < -0.39 is 0 Å². The Morgan fingerprint density at radius 1 is 1.09 bits per heavy atom. The highest BCUT2D eigenvalue weighted by Gasteiger charge is 2.17. The Morgan fingerprint density at radius 3 is 2.56 bits per heavy atom. The predicted octanol–water partition coefficient (Wildman–Crippen LogP) is 3.71. The van der Waals surface area contributed by atoms with Crippen molar-refractivity contribution in [2.24, 2.45) is 0 Å². The van der Waals surface area contributed by atoms with Crippen LogP contribution in [0.2, 0.25) is 0 Å². The number of likely N-dealkylation sites (N-methyl/N-ethyl adjacent to an activating group) is 1. The second kappa shape index (κ2) is 10.5. The van der Waals surface area contributed by atoms with Gasteiger partial charge in [-0.05, 0) is 43.5 Å². The zero-order chi connectivity index (χ0) is 23.9. The molecule has 2 heterocycles. The molecule has 0 aliphatic carbocycles. The largest absolute Gasteiger partial charge is 0.369 e. The highest BCUT2D eigenvalue weighted by atomic mass is 16.1. The number of carbonyl (C=O) groups is 1. The van der Waals surface area contributed by atoms with Crippen LogP contribution in [0.4, 0.5) is 34.5 Å². The van der Waals surface area contributed by atoms with Crippen LogP contribution < -0.4 is 20.9 Å². The lowest BCUT2D eigenvalue weighted by molar-refractivity contribution is -0.111. The Kier molecular flexibility index (Phi) is 7.01. The number of rotatable bonds is 7. The van der Waals surface area contributed by atoms with Gasteiger partial charge in [-0.3, -0.25) is 4.79 Å². The van der Waals surface area contributed by atoms with Gasteiger partial charge >= 0.3 is 0 Å². The minimum absolute atomic E-state index is 0.294. The van der Waals surface area contributed by atoms with Crippen molar-refractivity contribution in [2.45, 2.75) is 0 Å². The zero-order valence-corrected chi connectivity index (χ0v) is 19.0. The van der Waals surface area contributed by atoms with Crippen LogP contribution in [-0.4, -0.2) is 54.0 Å². The first kappa shape index (κ1) is 22.8. The Hall–Kier alpha value is -4.42. The van der Waals surface area contributed by atoms with E-state index in [0.717, 1.165) is 37.6 Å². The van der Waals surface area contributed by atoms with Crippen molar-refractivity contribution in [2.75, 3.05) is 54.1 Å². The number of nitrogens with zero attached hydrogens (tertiary/aromatic N) is 5. The van der Waals surface area contributed by atoms with Crippen LogP contribution in [0.5, 0.6) is 0 Å². The maximum absolute atomic E-state index is 12.0. The summed E-state index contributed by atoms with van der Waals surface area (Å²) >= 11 is 0. The molecule has 0 spiro atoms.